The fourth-order valence-corrected chi connectivity index (χ4v) is 2.16. The zero-order valence-corrected chi connectivity index (χ0v) is 11.8. The molecule has 0 aliphatic rings. The highest BCUT2D eigenvalue weighted by molar-refractivity contribution is 6.10. The maximum absolute atomic E-state index is 12.3. The number of carbonyl (C=O) groups excluding carboxylic acids is 3. The van der Waals surface area contributed by atoms with Crippen molar-refractivity contribution in [2.24, 2.45) is 0 Å². The van der Waals surface area contributed by atoms with E-state index in [0.717, 1.165) is 0 Å². The summed E-state index contributed by atoms with van der Waals surface area (Å²) in [5, 5.41) is 0. The second kappa shape index (κ2) is 6.84. The molecule has 0 heterocycles. The Labute approximate surface area is 117 Å². The molecule has 0 bridgehead atoms. The van der Waals surface area contributed by atoms with Crippen molar-refractivity contribution in [3.8, 4) is 5.75 Å². The quantitative estimate of drug-likeness (QED) is 0.431. The SMILES string of the molecule is CCOC(=O)C(CC=O)(C(C)=O)c1ccccc1OC. The fourth-order valence-electron chi connectivity index (χ4n) is 2.16. The van der Waals surface area contributed by atoms with Crippen LogP contribution >= 0.6 is 0 Å². The number of benzene rings is 1. The normalized spacial score (nSPS) is 13.2. The molecule has 5 nitrogen and oxygen atoms in total. The zero-order valence-electron chi connectivity index (χ0n) is 11.8. The molecular formula is C15H18O5. The molecule has 0 aromatic heterocycles. The van der Waals surface area contributed by atoms with Crippen LogP contribution < -0.4 is 4.74 Å². The van der Waals surface area contributed by atoms with Crippen LogP contribution in [0.1, 0.15) is 25.8 Å². The van der Waals surface area contributed by atoms with Crippen LogP contribution in [0, 0.1) is 0 Å². The Bertz CT molecular complexity index is 509. The monoisotopic (exact) mass is 278 g/mol. The van der Waals surface area contributed by atoms with Crippen LogP contribution in [0.5, 0.6) is 5.75 Å². The van der Waals surface area contributed by atoms with Gasteiger partial charge < -0.3 is 14.3 Å². The van der Waals surface area contributed by atoms with E-state index in [9.17, 15) is 14.4 Å². The van der Waals surface area contributed by atoms with E-state index in [1.54, 1.807) is 31.2 Å². The summed E-state index contributed by atoms with van der Waals surface area (Å²) in [5.41, 5.74) is -1.30. The van der Waals surface area contributed by atoms with E-state index in [-0.39, 0.29) is 13.0 Å². The number of para-hydroxylation sites is 1. The predicted octanol–water partition coefficient (Wildman–Crippen LogP) is 1.67. The summed E-state index contributed by atoms with van der Waals surface area (Å²) in [5.74, 6) is -0.811. The highest BCUT2D eigenvalue weighted by Gasteiger charge is 2.48. The Morgan fingerprint density at radius 1 is 1.30 bits per heavy atom. The molecule has 1 unspecified atom stereocenters. The Morgan fingerprint density at radius 3 is 2.45 bits per heavy atom. The van der Waals surface area contributed by atoms with Crippen LogP contribution in [0.4, 0.5) is 0 Å². The van der Waals surface area contributed by atoms with E-state index in [4.69, 9.17) is 9.47 Å². The molecule has 0 saturated heterocycles. The first-order valence-corrected chi connectivity index (χ1v) is 6.30. The topological polar surface area (TPSA) is 69.7 Å². The second-order valence-corrected chi connectivity index (χ2v) is 4.25. The van der Waals surface area contributed by atoms with E-state index in [1.165, 1.54) is 14.0 Å². The smallest absolute Gasteiger partial charge is 0.324 e. The number of ether oxygens (including phenoxy) is 2. The third-order valence-corrected chi connectivity index (χ3v) is 3.18. The highest BCUT2D eigenvalue weighted by Crippen LogP contribution is 2.36. The van der Waals surface area contributed by atoms with Crippen molar-refractivity contribution in [2.45, 2.75) is 25.7 Å². The first-order chi connectivity index (χ1) is 9.54. The number of esters is 1. The van der Waals surface area contributed by atoms with Crippen molar-refractivity contribution in [3.63, 3.8) is 0 Å². The average molecular weight is 278 g/mol. The third-order valence-electron chi connectivity index (χ3n) is 3.18. The van der Waals surface area contributed by atoms with Gasteiger partial charge in [0.05, 0.1) is 13.7 Å². The van der Waals surface area contributed by atoms with Gasteiger partial charge in [-0.2, -0.15) is 0 Å². The van der Waals surface area contributed by atoms with Crippen LogP contribution in [0.2, 0.25) is 0 Å². The van der Waals surface area contributed by atoms with Gasteiger partial charge in [-0.05, 0) is 19.9 Å². The summed E-state index contributed by atoms with van der Waals surface area (Å²) in [6.45, 7) is 3.04. The van der Waals surface area contributed by atoms with E-state index < -0.39 is 17.2 Å². The van der Waals surface area contributed by atoms with Gasteiger partial charge in [0, 0.05) is 12.0 Å². The van der Waals surface area contributed by atoms with Crippen LogP contribution in [-0.2, 0) is 24.5 Å². The molecule has 0 saturated carbocycles. The lowest BCUT2D eigenvalue weighted by atomic mass is 9.74. The lowest BCUT2D eigenvalue weighted by Gasteiger charge is -2.28. The summed E-state index contributed by atoms with van der Waals surface area (Å²) >= 11 is 0. The number of ketones is 1. The molecule has 0 fully saturated rings. The zero-order chi connectivity index (χ0) is 15.2. The highest BCUT2D eigenvalue weighted by atomic mass is 16.5. The van der Waals surface area contributed by atoms with Crippen molar-refractivity contribution in [1.82, 2.24) is 0 Å². The molecule has 1 rings (SSSR count). The largest absolute Gasteiger partial charge is 0.496 e. The maximum Gasteiger partial charge on any atom is 0.324 e. The number of rotatable bonds is 7. The van der Waals surface area contributed by atoms with E-state index in [2.05, 4.69) is 0 Å². The molecule has 1 atom stereocenters. The minimum atomic E-state index is -1.65. The van der Waals surface area contributed by atoms with Gasteiger partial charge in [0.1, 0.15) is 12.0 Å². The minimum Gasteiger partial charge on any atom is -0.496 e. The van der Waals surface area contributed by atoms with Gasteiger partial charge in [-0.3, -0.25) is 9.59 Å². The summed E-state index contributed by atoms with van der Waals surface area (Å²) in [6.07, 6.45) is 0.270. The second-order valence-electron chi connectivity index (χ2n) is 4.25. The van der Waals surface area contributed by atoms with Gasteiger partial charge in [-0.1, -0.05) is 18.2 Å². The van der Waals surface area contributed by atoms with Gasteiger partial charge in [-0.15, -0.1) is 0 Å². The Morgan fingerprint density at radius 2 is 1.95 bits per heavy atom. The molecule has 1 aromatic carbocycles. The summed E-state index contributed by atoms with van der Waals surface area (Å²) in [4.78, 5) is 35.4. The Kier molecular flexibility index (Phi) is 5.43. The molecule has 5 heteroatoms. The van der Waals surface area contributed by atoms with Gasteiger partial charge in [0.15, 0.2) is 11.2 Å². The van der Waals surface area contributed by atoms with Crippen LogP contribution in [0.3, 0.4) is 0 Å². The van der Waals surface area contributed by atoms with Crippen molar-refractivity contribution >= 4 is 18.0 Å². The first kappa shape index (κ1) is 15.9. The van der Waals surface area contributed by atoms with E-state index in [0.29, 0.717) is 17.6 Å². The van der Waals surface area contributed by atoms with Crippen molar-refractivity contribution in [1.29, 1.82) is 0 Å². The van der Waals surface area contributed by atoms with Crippen molar-refractivity contribution < 1.29 is 23.9 Å². The van der Waals surface area contributed by atoms with Crippen LogP contribution in [0.15, 0.2) is 24.3 Å². The third kappa shape index (κ3) is 2.71. The molecule has 1 aromatic rings. The maximum atomic E-state index is 12.3. The van der Waals surface area contributed by atoms with E-state index in [1.807, 2.05) is 0 Å². The average Bonchev–Trinajstić information content (AvgIpc) is 2.44. The van der Waals surface area contributed by atoms with Gasteiger partial charge in [0.2, 0.25) is 0 Å². The Balaban J connectivity index is 3.53. The lowest BCUT2D eigenvalue weighted by Crippen LogP contribution is -2.44. The number of Topliss-reactive ketones (excluding diaryl/α,β-unsaturated/α-hetero) is 1. The molecule has 0 N–H and O–H groups in total. The standard InChI is InChI=1S/C15H18O5/c1-4-20-14(18)15(9-10-16,11(2)17)12-7-5-6-8-13(12)19-3/h5-8,10H,4,9H2,1-3H3. The molecule has 20 heavy (non-hydrogen) atoms. The molecule has 108 valence electrons. The van der Waals surface area contributed by atoms with Crippen molar-refractivity contribution in [3.05, 3.63) is 29.8 Å². The minimum absolute atomic E-state index is 0.127. The number of aldehydes is 1. The summed E-state index contributed by atoms with van der Waals surface area (Å²) in [6, 6.07) is 6.64. The molecule has 0 amide bonds. The lowest BCUT2D eigenvalue weighted by molar-refractivity contribution is -0.155. The number of carbonyl (C=O) groups is 3. The molecule has 0 spiro atoms. The number of hydrogen-bond acceptors (Lipinski definition) is 5. The van der Waals surface area contributed by atoms with Gasteiger partial charge in [0.25, 0.3) is 0 Å². The summed E-state index contributed by atoms with van der Waals surface area (Å²) in [7, 11) is 1.44. The van der Waals surface area contributed by atoms with Crippen LogP contribution in [-0.4, -0.2) is 31.8 Å². The fraction of sp³-hybridized carbons (Fsp3) is 0.400. The van der Waals surface area contributed by atoms with Crippen LogP contribution in [0.25, 0.3) is 0 Å². The Hall–Kier alpha value is -2.17. The summed E-state index contributed by atoms with van der Waals surface area (Å²) < 4.78 is 10.2. The number of methoxy groups -OCH3 is 1. The molecule has 0 aliphatic heterocycles. The molecule has 0 aliphatic carbocycles. The number of hydrogen-bond donors (Lipinski definition) is 0. The van der Waals surface area contributed by atoms with Crippen molar-refractivity contribution in [2.75, 3.05) is 13.7 Å². The predicted molar refractivity (Wildman–Crippen MR) is 72.7 cm³/mol. The van der Waals surface area contributed by atoms with E-state index >= 15 is 0 Å². The molecular weight excluding hydrogens is 260 g/mol. The van der Waals surface area contributed by atoms with Gasteiger partial charge >= 0.3 is 5.97 Å². The first-order valence-electron chi connectivity index (χ1n) is 6.30. The van der Waals surface area contributed by atoms with Gasteiger partial charge in [-0.25, -0.2) is 0 Å². The molecule has 0 radical (unpaired) electrons.